The summed E-state index contributed by atoms with van der Waals surface area (Å²) in [5.41, 5.74) is 5.44. The number of ether oxygens (including phenoxy) is 1. The first-order valence-corrected chi connectivity index (χ1v) is 12.7. The van der Waals surface area contributed by atoms with E-state index in [9.17, 15) is 9.59 Å². The third kappa shape index (κ3) is 6.10. The molecule has 39 heavy (non-hydrogen) atoms. The molecule has 5 aromatic rings. The highest BCUT2D eigenvalue weighted by Gasteiger charge is 2.18. The summed E-state index contributed by atoms with van der Waals surface area (Å²) in [6.07, 6.45) is -0.101. The van der Waals surface area contributed by atoms with E-state index in [4.69, 9.17) is 26.0 Å². The number of carbonyl (C=O) groups is 2. The van der Waals surface area contributed by atoms with Crippen molar-refractivity contribution in [3.05, 3.63) is 107 Å². The average molecular weight is 541 g/mol. The molecule has 5 rings (SSSR count). The number of carboxylic acid groups (broad SMARTS) is 1. The first-order chi connectivity index (χ1) is 18.9. The monoisotopic (exact) mass is 540 g/mol. The highest BCUT2D eigenvalue weighted by molar-refractivity contribution is 6.31. The fourth-order valence-electron chi connectivity index (χ4n) is 4.37. The lowest BCUT2D eigenvalue weighted by atomic mass is 9.98. The number of hydrogen-bond acceptors (Lipinski definition) is 5. The minimum absolute atomic E-state index is 0.000570. The Hall–Kier alpha value is -4.62. The van der Waals surface area contributed by atoms with Crippen LogP contribution in [-0.2, 0) is 22.4 Å². The van der Waals surface area contributed by atoms with Crippen molar-refractivity contribution in [3.8, 4) is 22.4 Å². The van der Waals surface area contributed by atoms with Crippen LogP contribution in [0.2, 0.25) is 5.02 Å². The number of amides is 1. The number of rotatable bonds is 8. The number of hydrogen-bond donors (Lipinski definition) is 2. The number of carboxylic acids is 1. The molecular weight excluding hydrogens is 516 g/mol. The van der Waals surface area contributed by atoms with Crippen LogP contribution >= 0.6 is 11.6 Å². The molecule has 0 fully saturated rings. The Morgan fingerprint density at radius 2 is 1.59 bits per heavy atom. The second kappa shape index (κ2) is 11.4. The fourth-order valence-corrected chi connectivity index (χ4v) is 4.60. The van der Waals surface area contributed by atoms with Gasteiger partial charge < -0.3 is 14.4 Å². The molecule has 1 aromatic heterocycles. The summed E-state index contributed by atoms with van der Waals surface area (Å²) >= 11 is 6.17. The van der Waals surface area contributed by atoms with Gasteiger partial charge in [-0.25, -0.2) is 4.79 Å². The van der Waals surface area contributed by atoms with Gasteiger partial charge in [-0.2, -0.15) is 0 Å². The number of carbonyl (C=O) groups excluding carboxylic acids is 1. The van der Waals surface area contributed by atoms with Crippen LogP contribution in [0.5, 0.6) is 0 Å². The molecule has 1 heterocycles. The van der Waals surface area contributed by atoms with Crippen LogP contribution in [0, 0.1) is 6.92 Å². The quantitative estimate of drug-likeness (QED) is 0.211. The Morgan fingerprint density at radius 1 is 0.923 bits per heavy atom. The van der Waals surface area contributed by atoms with Gasteiger partial charge in [0.15, 0.2) is 5.76 Å². The summed E-state index contributed by atoms with van der Waals surface area (Å²) < 4.78 is 10.8. The summed E-state index contributed by atoms with van der Waals surface area (Å²) in [5, 5.41) is 18.6. The number of aryl methyl sites for hydroxylation is 1. The first kappa shape index (κ1) is 26.0. The summed E-state index contributed by atoms with van der Waals surface area (Å²) in [6.45, 7) is 1.90. The zero-order chi connectivity index (χ0) is 27.4. The molecule has 4 aromatic carbocycles. The molecule has 0 radical (unpaired) electrons. The lowest BCUT2D eigenvalue weighted by Crippen LogP contribution is -2.16. The van der Waals surface area contributed by atoms with Crippen LogP contribution in [0.1, 0.15) is 16.9 Å². The number of nitrogens with zero attached hydrogens (tertiary/aromatic N) is 1. The van der Waals surface area contributed by atoms with Gasteiger partial charge in [0.2, 0.25) is 0 Å². The molecule has 0 spiro atoms. The van der Waals surface area contributed by atoms with Crippen molar-refractivity contribution in [1.82, 2.24) is 5.16 Å². The number of fused-ring (bicyclic) bond motifs is 1. The van der Waals surface area contributed by atoms with Gasteiger partial charge in [0.25, 0.3) is 0 Å². The Kier molecular flexibility index (Phi) is 7.61. The van der Waals surface area contributed by atoms with Crippen LogP contribution in [0.15, 0.2) is 89.5 Å². The van der Waals surface area contributed by atoms with Gasteiger partial charge in [0.05, 0.1) is 13.0 Å². The van der Waals surface area contributed by atoms with Crippen molar-refractivity contribution in [2.45, 2.75) is 19.8 Å². The van der Waals surface area contributed by atoms with Crippen molar-refractivity contribution in [2.75, 3.05) is 11.9 Å². The van der Waals surface area contributed by atoms with Crippen LogP contribution < -0.4 is 5.32 Å². The van der Waals surface area contributed by atoms with Crippen molar-refractivity contribution in [1.29, 1.82) is 0 Å². The molecule has 0 saturated carbocycles. The van der Waals surface area contributed by atoms with Crippen LogP contribution in [0.3, 0.4) is 0 Å². The molecule has 0 aliphatic heterocycles. The van der Waals surface area contributed by atoms with E-state index >= 15 is 0 Å². The Morgan fingerprint density at radius 3 is 2.31 bits per heavy atom. The number of aliphatic carboxylic acids is 1. The minimum Gasteiger partial charge on any atom is -0.481 e. The third-order valence-corrected chi connectivity index (χ3v) is 6.78. The number of aromatic nitrogens is 1. The van der Waals surface area contributed by atoms with E-state index < -0.39 is 12.1 Å². The van der Waals surface area contributed by atoms with E-state index in [2.05, 4.69) is 16.5 Å². The van der Waals surface area contributed by atoms with Crippen LogP contribution in [0.4, 0.5) is 10.5 Å². The smallest absolute Gasteiger partial charge is 0.411 e. The summed E-state index contributed by atoms with van der Waals surface area (Å²) in [4.78, 5) is 23.4. The lowest BCUT2D eigenvalue weighted by molar-refractivity contribution is -0.136. The van der Waals surface area contributed by atoms with Gasteiger partial charge in [0, 0.05) is 17.0 Å². The standard InChI is InChI=1S/C31H25ClN2O5/c1-19-29(33-31(37)38-15-14-22-4-2-3-5-27(22)32)30(34-39-19)26-13-12-24-17-23(10-11-25(24)18-26)21-8-6-20(7-9-21)16-28(35)36/h2-13,17-18H,14-16H2,1H3,(H,33,37)(H,35,36). The molecule has 8 heteroatoms. The van der Waals surface area contributed by atoms with Gasteiger partial charge in [-0.1, -0.05) is 83.5 Å². The van der Waals surface area contributed by atoms with Gasteiger partial charge in [-0.15, -0.1) is 0 Å². The Labute approximate surface area is 230 Å². The first-order valence-electron chi connectivity index (χ1n) is 12.4. The predicted octanol–water partition coefficient (Wildman–Crippen LogP) is 7.54. The van der Waals surface area contributed by atoms with Crippen molar-refractivity contribution in [2.24, 2.45) is 0 Å². The zero-order valence-electron chi connectivity index (χ0n) is 21.1. The molecule has 0 saturated heterocycles. The van der Waals surface area contributed by atoms with Crippen molar-refractivity contribution >= 4 is 40.1 Å². The normalized spacial score (nSPS) is 10.9. The van der Waals surface area contributed by atoms with E-state index in [0.29, 0.717) is 28.6 Å². The molecule has 0 unspecified atom stereocenters. The second-order valence-corrected chi connectivity index (χ2v) is 9.52. The SMILES string of the molecule is Cc1onc(-c2ccc3cc(-c4ccc(CC(=O)O)cc4)ccc3c2)c1NC(=O)OCCc1ccccc1Cl. The fraction of sp³-hybridized carbons (Fsp3) is 0.129. The summed E-state index contributed by atoms with van der Waals surface area (Å²) in [6, 6.07) is 27.0. The van der Waals surface area contributed by atoms with Crippen LogP contribution in [-0.4, -0.2) is 28.9 Å². The lowest BCUT2D eigenvalue weighted by Gasteiger charge is -2.09. The second-order valence-electron chi connectivity index (χ2n) is 9.11. The Balaban J connectivity index is 1.30. The molecule has 2 N–H and O–H groups in total. The Bertz CT molecular complexity index is 1660. The number of halogens is 1. The van der Waals surface area contributed by atoms with E-state index in [-0.39, 0.29) is 13.0 Å². The molecular formula is C31H25ClN2O5. The van der Waals surface area contributed by atoms with Gasteiger partial charge >= 0.3 is 12.1 Å². The highest BCUT2D eigenvalue weighted by Crippen LogP contribution is 2.33. The van der Waals surface area contributed by atoms with Gasteiger partial charge in [0.1, 0.15) is 11.4 Å². The predicted molar refractivity (Wildman–Crippen MR) is 151 cm³/mol. The van der Waals surface area contributed by atoms with E-state index in [1.807, 2.05) is 72.8 Å². The largest absolute Gasteiger partial charge is 0.481 e. The van der Waals surface area contributed by atoms with E-state index in [1.54, 1.807) is 13.0 Å². The maximum atomic E-state index is 12.5. The number of nitrogens with one attached hydrogen (secondary N) is 1. The number of anilines is 1. The van der Waals surface area contributed by atoms with E-state index in [1.165, 1.54) is 0 Å². The molecule has 0 aliphatic carbocycles. The maximum Gasteiger partial charge on any atom is 0.411 e. The minimum atomic E-state index is -0.852. The van der Waals surface area contributed by atoms with Gasteiger partial charge in [-0.05, 0) is 58.1 Å². The van der Waals surface area contributed by atoms with Crippen molar-refractivity contribution in [3.63, 3.8) is 0 Å². The molecule has 1 amide bonds. The third-order valence-electron chi connectivity index (χ3n) is 6.41. The topological polar surface area (TPSA) is 102 Å². The summed E-state index contributed by atoms with van der Waals surface area (Å²) in [7, 11) is 0. The van der Waals surface area contributed by atoms with Gasteiger partial charge in [-0.3, -0.25) is 10.1 Å². The van der Waals surface area contributed by atoms with Crippen molar-refractivity contribution < 1.29 is 24.0 Å². The van der Waals surface area contributed by atoms with E-state index in [0.717, 1.165) is 38.6 Å². The molecule has 196 valence electrons. The summed E-state index contributed by atoms with van der Waals surface area (Å²) in [5.74, 6) is -0.384. The molecule has 0 bridgehead atoms. The van der Waals surface area contributed by atoms with Crippen LogP contribution in [0.25, 0.3) is 33.2 Å². The zero-order valence-corrected chi connectivity index (χ0v) is 21.9. The molecule has 0 atom stereocenters. The molecule has 0 aliphatic rings. The number of benzene rings is 4. The average Bonchev–Trinajstić information content (AvgIpc) is 3.29. The highest BCUT2D eigenvalue weighted by atomic mass is 35.5. The molecule has 7 nitrogen and oxygen atoms in total. The maximum absolute atomic E-state index is 12.5.